The zero-order chi connectivity index (χ0) is 16.9. The first-order valence-electron chi connectivity index (χ1n) is 6.91. The van der Waals surface area contributed by atoms with Crippen molar-refractivity contribution in [3.05, 3.63) is 71.8 Å². The van der Waals surface area contributed by atoms with E-state index in [1.165, 1.54) is 24.3 Å². The van der Waals surface area contributed by atoms with Crippen molar-refractivity contribution in [1.29, 1.82) is 0 Å². The first kappa shape index (κ1) is 16.7. The molecule has 0 aliphatic heterocycles. The smallest absolute Gasteiger partial charge is 0.283 e. The lowest BCUT2D eigenvalue weighted by Crippen LogP contribution is -2.47. The number of alkyl halides is 3. The molecule has 0 saturated heterocycles. The molecule has 0 fully saturated rings. The number of Topliss-reactive ketones (excluding diaryl/α,β-unsaturated/α-hetero) is 1. The Labute approximate surface area is 131 Å². The van der Waals surface area contributed by atoms with E-state index in [1.807, 2.05) is 0 Å². The topological polar surface area (TPSA) is 37.4 Å². The summed E-state index contributed by atoms with van der Waals surface area (Å²) >= 11 is 0. The van der Waals surface area contributed by atoms with Crippen LogP contribution in [0.15, 0.2) is 60.7 Å². The van der Waals surface area contributed by atoms with E-state index in [-0.39, 0.29) is 16.9 Å². The molecule has 1 amide bonds. The summed E-state index contributed by atoms with van der Waals surface area (Å²) in [6.45, 7) is -0.606. The third-order valence-corrected chi connectivity index (χ3v) is 3.25. The van der Waals surface area contributed by atoms with E-state index in [0.717, 1.165) is 0 Å². The third-order valence-electron chi connectivity index (χ3n) is 3.25. The number of nitrogens with zero attached hydrogens (tertiary/aromatic N) is 1. The second-order valence-corrected chi connectivity index (χ2v) is 4.86. The van der Waals surface area contributed by atoms with Crippen molar-refractivity contribution >= 4 is 11.7 Å². The van der Waals surface area contributed by atoms with E-state index in [2.05, 4.69) is 0 Å². The van der Waals surface area contributed by atoms with E-state index in [9.17, 15) is 22.8 Å². The minimum absolute atomic E-state index is 0.00809. The van der Waals surface area contributed by atoms with E-state index in [0.29, 0.717) is 5.56 Å². The summed E-state index contributed by atoms with van der Waals surface area (Å²) in [5.74, 6) is -2.74. The Morgan fingerprint density at radius 3 is 1.91 bits per heavy atom. The second kappa shape index (κ2) is 7.09. The quantitative estimate of drug-likeness (QED) is 0.480. The van der Waals surface area contributed by atoms with Crippen LogP contribution in [0, 0.1) is 0 Å². The molecule has 0 aromatic heterocycles. The lowest BCUT2D eigenvalue weighted by molar-refractivity contribution is -0.237. The maximum Gasteiger partial charge on any atom is 0.487 e. The highest BCUT2D eigenvalue weighted by Crippen LogP contribution is 2.23. The molecule has 0 spiro atoms. The van der Waals surface area contributed by atoms with Gasteiger partial charge in [0, 0.05) is 12.1 Å². The summed E-state index contributed by atoms with van der Waals surface area (Å²) < 4.78 is 39.3. The van der Waals surface area contributed by atoms with E-state index in [1.54, 1.807) is 36.4 Å². The number of rotatable bonds is 5. The van der Waals surface area contributed by atoms with Crippen LogP contribution >= 0.6 is 0 Å². The lowest BCUT2D eigenvalue weighted by atomic mass is 10.1. The number of carbonyl (C=O) groups is 2. The Morgan fingerprint density at radius 1 is 0.870 bits per heavy atom. The Bertz CT molecular complexity index is 669. The van der Waals surface area contributed by atoms with Gasteiger partial charge in [-0.05, 0) is 12.0 Å². The summed E-state index contributed by atoms with van der Waals surface area (Å²) in [4.78, 5) is 23.6. The number of amides is 1. The monoisotopic (exact) mass is 321 g/mol. The van der Waals surface area contributed by atoms with Gasteiger partial charge in [0.05, 0.1) is 0 Å². The average molecular weight is 321 g/mol. The SMILES string of the molecule is O=C(C(=O)N(CCc1ccccc1)C(F)(F)F)c1ccccc1. The van der Waals surface area contributed by atoms with Crippen LogP contribution < -0.4 is 0 Å². The predicted molar refractivity (Wildman–Crippen MR) is 78.7 cm³/mol. The lowest BCUT2D eigenvalue weighted by Gasteiger charge is -2.24. The Morgan fingerprint density at radius 2 is 1.39 bits per heavy atom. The third kappa shape index (κ3) is 4.42. The molecule has 6 heteroatoms. The first-order chi connectivity index (χ1) is 10.9. The number of halogens is 3. The summed E-state index contributed by atoms with van der Waals surface area (Å²) in [7, 11) is 0. The Kier molecular flexibility index (Phi) is 5.16. The van der Waals surface area contributed by atoms with Crippen LogP contribution in [-0.2, 0) is 11.2 Å². The van der Waals surface area contributed by atoms with Gasteiger partial charge in [0.25, 0.3) is 5.78 Å². The van der Waals surface area contributed by atoms with Gasteiger partial charge < -0.3 is 0 Å². The molecule has 120 valence electrons. The van der Waals surface area contributed by atoms with Crippen molar-refractivity contribution in [2.45, 2.75) is 12.7 Å². The Hall–Kier alpha value is -2.63. The van der Waals surface area contributed by atoms with Crippen LogP contribution in [-0.4, -0.2) is 29.4 Å². The van der Waals surface area contributed by atoms with Crippen molar-refractivity contribution in [3.8, 4) is 0 Å². The van der Waals surface area contributed by atoms with Gasteiger partial charge in [0.15, 0.2) is 0 Å². The maximum atomic E-state index is 13.1. The van der Waals surface area contributed by atoms with Crippen molar-refractivity contribution < 1.29 is 22.8 Å². The number of benzene rings is 2. The highest BCUT2D eigenvalue weighted by atomic mass is 19.4. The molecule has 0 radical (unpaired) electrons. The van der Waals surface area contributed by atoms with Gasteiger partial charge in [-0.15, -0.1) is 13.2 Å². The molecule has 23 heavy (non-hydrogen) atoms. The largest absolute Gasteiger partial charge is 0.487 e. The van der Waals surface area contributed by atoms with Gasteiger partial charge in [-0.2, -0.15) is 0 Å². The maximum absolute atomic E-state index is 13.1. The van der Waals surface area contributed by atoms with Gasteiger partial charge in [-0.25, -0.2) is 4.90 Å². The number of hydrogen-bond donors (Lipinski definition) is 0. The molecule has 0 heterocycles. The molecule has 2 aromatic rings. The zero-order valence-electron chi connectivity index (χ0n) is 12.1. The predicted octanol–water partition coefficient (Wildman–Crippen LogP) is 3.46. The molecule has 0 unspecified atom stereocenters. The molecule has 0 aliphatic rings. The van der Waals surface area contributed by atoms with Gasteiger partial charge >= 0.3 is 12.2 Å². The molecule has 0 atom stereocenters. The van der Waals surface area contributed by atoms with Crippen molar-refractivity contribution in [2.24, 2.45) is 0 Å². The van der Waals surface area contributed by atoms with Gasteiger partial charge in [0.2, 0.25) is 0 Å². The van der Waals surface area contributed by atoms with Crippen LogP contribution in [0.3, 0.4) is 0 Å². The summed E-state index contributed by atoms with van der Waals surface area (Å²) in [5, 5.41) is 0. The molecule has 3 nitrogen and oxygen atoms in total. The fraction of sp³-hybridized carbons (Fsp3) is 0.176. The molecule has 0 saturated carbocycles. The molecular weight excluding hydrogens is 307 g/mol. The molecular formula is C17H14F3NO2. The van der Waals surface area contributed by atoms with Crippen LogP contribution in [0.1, 0.15) is 15.9 Å². The molecule has 2 aromatic carbocycles. The number of ketones is 1. The zero-order valence-corrected chi connectivity index (χ0v) is 12.1. The first-order valence-corrected chi connectivity index (χ1v) is 6.91. The standard InChI is InChI=1S/C17H14F3NO2/c18-17(19,20)21(12-11-13-7-3-1-4-8-13)16(23)15(22)14-9-5-2-6-10-14/h1-10H,11-12H2. The molecule has 0 aliphatic carbocycles. The van der Waals surface area contributed by atoms with Gasteiger partial charge in [0.1, 0.15) is 0 Å². The number of hydrogen-bond acceptors (Lipinski definition) is 2. The van der Waals surface area contributed by atoms with E-state index >= 15 is 0 Å². The van der Waals surface area contributed by atoms with Gasteiger partial charge in [-0.3, -0.25) is 9.59 Å². The van der Waals surface area contributed by atoms with Crippen LogP contribution in [0.2, 0.25) is 0 Å². The van der Waals surface area contributed by atoms with Crippen molar-refractivity contribution in [1.82, 2.24) is 4.90 Å². The minimum atomic E-state index is -4.91. The van der Waals surface area contributed by atoms with Crippen molar-refractivity contribution in [3.63, 3.8) is 0 Å². The van der Waals surface area contributed by atoms with Crippen LogP contribution in [0.4, 0.5) is 13.2 Å². The second-order valence-electron chi connectivity index (χ2n) is 4.86. The summed E-state index contributed by atoms with van der Waals surface area (Å²) in [6.07, 6.45) is -4.90. The number of carbonyl (C=O) groups excluding carboxylic acids is 2. The van der Waals surface area contributed by atoms with Crippen molar-refractivity contribution in [2.75, 3.05) is 6.54 Å². The highest BCUT2D eigenvalue weighted by molar-refractivity contribution is 6.42. The van der Waals surface area contributed by atoms with Crippen LogP contribution in [0.5, 0.6) is 0 Å². The molecule has 2 rings (SSSR count). The van der Waals surface area contributed by atoms with E-state index < -0.39 is 24.5 Å². The summed E-state index contributed by atoms with van der Waals surface area (Å²) in [5.41, 5.74) is 0.591. The van der Waals surface area contributed by atoms with Crippen LogP contribution in [0.25, 0.3) is 0 Å². The average Bonchev–Trinajstić information content (AvgIpc) is 2.54. The molecule has 0 bridgehead atoms. The Balaban J connectivity index is 2.15. The summed E-state index contributed by atoms with van der Waals surface area (Å²) in [6, 6.07) is 15.7. The molecule has 0 N–H and O–H groups in total. The fourth-order valence-electron chi connectivity index (χ4n) is 2.06. The van der Waals surface area contributed by atoms with E-state index in [4.69, 9.17) is 0 Å². The normalized spacial score (nSPS) is 11.1. The highest BCUT2D eigenvalue weighted by Gasteiger charge is 2.43. The van der Waals surface area contributed by atoms with Gasteiger partial charge in [-0.1, -0.05) is 60.7 Å². The minimum Gasteiger partial charge on any atom is -0.283 e. The fourth-order valence-corrected chi connectivity index (χ4v) is 2.06.